The predicted octanol–water partition coefficient (Wildman–Crippen LogP) is 5.23. The second-order valence-corrected chi connectivity index (χ2v) is 9.82. The lowest BCUT2D eigenvalue weighted by molar-refractivity contribution is -0.149. The van der Waals surface area contributed by atoms with Crippen LogP contribution in [-0.4, -0.2) is 82.7 Å². The Kier molecular flexibility index (Phi) is 37.0. The van der Waals surface area contributed by atoms with Crippen molar-refractivity contribution in [2.24, 2.45) is 0 Å². The minimum atomic E-state index is -0.738. The number of ether oxygens (including phenoxy) is 3. The van der Waals surface area contributed by atoms with Gasteiger partial charge in [0.2, 0.25) is 0 Å². The first kappa shape index (κ1) is 45.7. The van der Waals surface area contributed by atoms with Crippen LogP contribution in [-0.2, 0) is 43.0 Å². The van der Waals surface area contributed by atoms with Gasteiger partial charge in [-0.15, -0.1) is 0 Å². The van der Waals surface area contributed by atoms with E-state index in [1.807, 2.05) is 0 Å². The highest BCUT2D eigenvalue weighted by atomic mass is 16.6. The van der Waals surface area contributed by atoms with Crippen molar-refractivity contribution in [3.63, 3.8) is 0 Å². The van der Waals surface area contributed by atoms with E-state index in [1.165, 1.54) is 0 Å². The van der Waals surface area contributed by atoms with Crippen molar-refractivity contribution >= 4 is 35.8 Å². The summed E-state index contributed by atoms with van der Waals surface area (Å²) in [6.07, 6.45) is 16.4. The van der Waals surface area contributed by atoms with Gasteiger partial charge in [-0.05, 0) is 25.7 Å². The zero-order chi connectivity index (χ0) is 34.6. The number of aliphatic hydroxyl groups excluding tert-OH is 1. The molecular formula is C32H54O13. The number of unbranched alkanes of at least 4 members (excludes halogenated alkanes) is 12. The number of carbonyl (C=O) groups is 6. The highest BCUT2D eigenvalue weighted by Crippen LogP contribution is 2.11. The Hall–Kier alpha value is -3.74. The zero-order valence-electron chi connectivity index (χ0n) is 26.6. The van der Waals surface area contributed by atoms with Crippen LogP contribution in [0.15, 0.2) is 25.3 Å². The normalized spacial score (nSPS) is 9.71. The van der Waals surface area contributed by atoms with Crippen LogP contribution in [0, 0.1) is 0 Å². The van der Waals surface area contributed by atoms with Gasteiger partial charge in [0.15, 0.2) is 0 Å². The summed E-state index contributed by atoms with van der Waals surface area (Å²) in [6, 6.07) is 0. The summed E-state index contributed by atoms with van der Waals surface area (Å²) in [5, 5.41) is 33.3. The SMILES string of the molecule is C=CC(=O)OCCO.C=CC(=O)OCCOC(=O)CCCCCCCCCC(=O)O.O=C(O)CCCCCCCCCC(=O)O. The van der Waals surface area contributed by atoms with E-state index < -0.39 is 29.8 Å². The fourth-order valence-corrected chi connectivity index (χ4v) is 3.50. The lowest BCUT2D eigenvalue weighted by Gasteiger charge is -2.05. The first-order chi connectivity index (χ1) is 21.5. The molecule has 13 nitrogen and oxygen atoms in total. The first-order valence-electron chi connectivity index (χ1n) is 15.5. The summed E-state index contributed by atoms with van der Waals surface area (Å²) in [7, 11) is 0. The molecule has 0 radical (unpaired) electrons. The van der Waals surface area contributed by atoms with E-state index in [9.17, 15) is 28.8 Å². The third kappa shape index (κ3) is 47.4. The smallest absolute Gasteiger partial charge is 0.330 e. The quantitative estimate of drug-likeness (QED) is 0.0390. The van der Waals surface area contributed by atoms with E-state index in [1.54, 1.807) is 0 Å². The van der Waals surface area contributed by atoms with E-state index in [4.69, 9.17) is 25.2 Å². The number of rotatable bonds is 27. The molecule has 0 rings (SSSR count). The molecule has 0 fully saturated rings. The van der Waals surface area contributed by atoms with Crippen LogP contribution in [0.1, 0.15) is 116 Å². The molecule has 0 aliphatic heterocycles. The number of aliphatic carboxylic acids is 3. The predicted molar refractivity (Wildman–Crippen MR) is 166 cm³/mol. The molecular weight excluding hydrogens is 592 g/mol. The Bertz CT molecular complexity index is 804. The summed E-state index contributed by atoms with van der Waals surface area (Å²) in [4.78, 5) is 62.9. The molecule has 260 valence electrons. The molecule has 0 saturated carbocycles. The van der Waals surface area contributed by atoms with Gasteiger partial charge in [0.25, 0.3) is 0 Å². The third-order valence-electron chi connectivity index (χ3n) is 5.81. The molecule has 0 aromatic carbocycles. The van der Waals surface area contributed by atoms with Crippen molar-refractivity contribution in [2.75, 3.05) is 26.4 Å². The van der Waals surface area contributed by atoms with Crippen LogP contribution in [0.4, 0.5) is 0 Å². The van der Waals surface area contributed by atoms with Crippen LogP contribution >= 0.6 is 0 Å². The van der Waals surface area contributed by atoms with Gasteiger partial charge in [-0.1, -0.05) is 77.4 Å². The summed E-state index contributed by atoms with van der Waals surface area (Å²) >= 11 is 0. The first-order valence-corrected chi connectivity index (χ1v) is 15.5. The summed E-state index contributed by atoms with van der Waals surface area (Å²) < 4.78 is 13.9. The lowest BCUT2D eigenvalue weighted by atomic mass is 10.1. The average molecular weight is 647 g/mol. The maximum Gasteiger partial charge on any atom is 0.330 e. The zero-order valence-corrected chi connectivity index (χ0v) is 26.6. The van der Waals surface area contributed by atoms with Crippen molar-refractivity contribution in [3.05, 3.63) is 25.3 Å². The lowest BCUT2D eigenvalue weighted by Crippen LogP contribution is -2.12. The van der Waals surface area contributed by atoms with Crippen LogP contribution in [0.2, 0.25) is 0 Å². The van der Waals surface area contributed by atoms with E-state index in [0.717, 1.165) is 102 Å². The fourth-order valence-electron chi connectivity index (χ4n) is 3.50. The van der Waals surface area contributed by atoms with E-state index in [2.05, 4.69) is 22.6 Å². The van der Waals surface area contributed by atoms with Crippen molar-refractivity contribution in [1.82, 2.24) is 0 Å². The van der Waals surface area contributed by atoms with E-state index >= 15 is 0 Å². The Morgan fingerprint density at radius 3 is 1.04 bits per heavy atom. The summed E-state index contributed by atoms with van der Waals surface area (Å²) in [6.45, 7) is 6.44. The minimum absolute atomic E-state index is 0.0465. The van der Waals surface area contributed by atoms with Crippen molar-refractivity contribution < 1.29 is 63.4 Å². The number of carbonyl (C=O) groups excluding carboxylic acids is 3. The molecule has 0 aromatic rings. The Balaban J connectivity index is -0.000000659. The summed E-state index contributed by atoms with van der Waals surface area (Å²) in [5.41, 5.74) is 0. The molecule has 13 heteroatoms. The van der Waals surface area contributed by atoms with Crippen molar-refractivity contribution in [2.45, 2.75) is 116 Å². The van der Waals surface area contributed by atoms with Gasteiger partial charge in [-0.2, -0.15) is 0 Å². The Labute approximate surface area is 266 Å². The van der Waals surface area contributed by atoms with E-state index in [-0.39, 0.29) is 51.7 Å². The van der Waals surface area contributed by atoms with Gasteiger partial charge in [-0.25, -0.2) is 9.59 Å². The Morgan fingerprint density at radius 2 is 0.733 bits per heavy atom. The number of carboxylic acid groups (broad SMARTS) is 3. The van der Waals surface area contributed by atoms with Crippen LogP contribution < -0.4 is 0 Å². The highest BCUT2D eigenvalue weighted by molar-refractivity contribution is 5.81. The van der Waals surface area contributed by atoms with Crippen LogP contribution in [0.3, 0.4) is 0 Å². The van der Waals surface area contributed by atoms with Crippen LogP contribution in [0.5, 0.6) is 0 Å². The molecule has 45 heavy (non-hydrogen) atoms. The second-order valence-electron chi connectivity index (χ2n) is 9.82. The molecule has 0 aromatic heterocycles. The number of esters is 3. The van der Waals surface area contributed by atoms with Gasteiger partial charge in [0, 0.05) is 37.8 Å². The molecule has 0 amide bonds. The minimum Gasteiger partial charge on any atom is -0.481 e. The van der Waals surface area contributed by atoms with Crippen molar-refractivity contribution in [3.8, 4) is 0 Å². The molecule has 0 spiro atoms. The monoisotopic (exact) mass is 646 g/mol. The molecule has 0 aliphatic rings. The topological polar surface area (TPSA) is 211 Å². The number of hydrogen-bond acceptors (Lipinski definition) is 10. The number of carboxylic acids is 3. The van der Waals surface area contributed by atoms with Gasteiger partial charge >= 0.3 is 35.8 Å². The van der Waals surface area contributed by atoms with E-state index in [0.29, 0.717) is 6.42 Å². The maximum absolute atomic E-state index is 11.4. The molecule has 0 saturated heterocycles. The molecule has 0 atom stereocenters. The highest BCUT2D eigenvalue weighted by Gasteiger charge is 2.04. The third-order valence-corrected chi connectivity index (χ3v) is 5.81. The standard InChI is InChI=1S/C16H26O6.C11H20O4.C5H8O3/c1-2-15(19)21-12-13-22-16(20)11-9-7-5-3-4-6-8-10-14(17)18;12-10(13)8-6-4-2-1-3-5-7-9-11(14)15;1-2-5(7)8-4-3-6/h2H,1,3-13H2,(H,17,18);1-9H2,(H,12,13)(H,14,15);2,6H,1,3-4H2. The van der Waals surface area contributed by atoms with Gasteiger partial charge in [0.1, 0.15) is 19.8 Å². The fraction of sp³-hybridized carbons (Fsp3) is 0.688. The van der Waals surface area contributed by atoms with Crippen molar-refractivity contribution in [1.29, 1.82) is 0 Å². The summed E-state index contributed by atoms with van der Waals surface area (Å²) in [5.74, 6) is -3.50. The largest absolute Gasteiger partial charge is 0.481 e. The maximum atomic E-state index is 11.4. The molecule has 0 bridgehead atoms. The van der Waals surface area contributed by atoms with Gasteiger partial charge in [-0.3, -0.25) is 19.2 Å². The van der Waals surface area contributed by atoms with Gasteiger partial charge < -0.3 is 34.6 Å². The second kappa shape index (κ2) is 36.5. The molecule has 4 N–H and O–H groups in total. The van der Waals surface area contributed by atoms with Crippen LogP contribution in [0.25, 0.3) is 0 Å². The average Bonchev–Trinajstić information content (AvgIpc) is 3.00. The molecule has 0 heterocycles. The van der Waals surface area contributed by atoms with Gasteiger partial charge in [0.05, 0.1) is 6.61 Å². The number of aliphatic hydroxyl groups is 1. The molecule has 0 aliphatic carbocycles. The molecule has 0 unspecified atom stereocenters. The number of hydrogen-bond donors (Lipinski definition) is 4. The Morgan fingerprint density at radius 1 is 0.444 bits per heavy atom.